The van der Waals surface area contributed by atoms with Gasteiger partial charge >= 0.3 is 11.9 Å². The Morgan fingerprint density at radius 3 is 2.33 bits per heavy atom. The zero-order chi connectivity index (χ0) is 35.7. The maximum Gasteiger partial charge on any atom is 0.321 e. The zero-order valence-corrected chi connectivity index (χ0v) is 29.6. The van der Waals surface area contributed by atoms with Gasteiger partial charge in [0.1, 0.15) is 18.3 Å². The number of carbonyl (C=O) groups is 2. The normalized spacial score (nSPS) is 20.9. The van der Waals surface area contributed by atoms with Crippen molar-refractivity contribution >= 4 is 29.1 Å². The van der Waals surface area contributed by atoms with Crippen LogP contribution in [0.15, 0.2) is 142 Å². The molecular weight excluding hydrogens is 616 g/mol. The third kappa shape index (κ3) is 6.21. The van der Waals surface area contributed by atoms with Gasteiger partial charge in [-0.2, -0.15) is 0 Å². The number of fused-ring (bicyclic) bond motifs is 3. The van der Waals surface area contributed by atoms with Crippen molar-refractivity contribution in [2.75, 3.05) is 13.7 Å². The van der Waals surface area contributed by atoms with E-state index in [-0.39, 0.29) is 24.8 Å². The summed E-state index contributed by atoms with van der Waals surface area (Å²) >= 11 is 0. The molecule has 4 aliphatic heterocycles. The summed E-state index contributed by atoms with van der Waals surface area (Å²) in [5, 5.41) is 11.7. The quantitative estimate of drug-likeness (QED) is 0.203. The number of nitrogens with two attached hydrogens (primary N) is 1. The van der Waals surface area contributed by atoms with Gasteiger partial charge in [-0.3, -0.25) is 9.59 Å². The van der Waals surface area contributed by atoms with Gasteiger partial charge in [-0.1, -0.05) is 31.7 Å². The van der Waals surface area contributed by atoms with E-state index in [0.717, 1.165) is 56.8 Å². The van der Waals surface area contributed by atoms with Crippen molar-refractivity contribution in [1.82, 2.24) is 0 Å². The standard InChI is InChI=1S/C40H44N4O5/c1-10-13-16-49-33(45)15-14-27-23(7)29-17-20(4)21(5)25(11-2)28(41)18-30-22(6)26(12-3)32(42-30)19-31-24(8)34-38(44-31)35(37(27)43-29)36(39(34)46)40(47)48-9/h10-11,13,17-19,36,46H,2,12,14-16,41H2,1,3-9H3. The molecule has 3 N–H and O–H groups in total. The second-order valence-electron chi connectivity index (χ2n) is 12.5. The Balaban J connectivity index is 1.82. The first-order chi connectivity index (χ1) is 23.4. The largest absolute Gasteiger partial charge is 0.510 e. The SMILES string of the molecule is C=CC1=C(C)C(C)=CC2=NC(=C3C4=NC(=C(C)C4=C(O)C3C(=O)OC)C=C3N=C(C=C1N)C(C)=C3CC)C(CCC(=O)OCC=CC)=C2C. The molecular formula is C40H44N4O5. The van der Waals surface area contributed by atoms with Crippen LogP contribution in [0.3, 0.4) is 0 Å². The summed E-state index contributed by atoms with van der Waals surface area (Å²) in [5.74, 6) is -2.27. The average molecular weight is 661 g/mol. The number of aliphatic hydroxyl groups excluding tert-OH is 1. The van der Waals surface area contributed by atoms with Gasteiger partial charge in [0, 0.05) is 28.8 Å². The first kappa shape index (κ1) is 35.0. The van der Waals surface area contributed by atoms with E-state index in [1.165, 1.54) is 7.11 Å². The van der Waals surface area contributed by atoms with Gasteiger partial charge in [-0.25, -0.2) is 15.0 Å². The minimum atomic E-state index is -1.14. The Morgan fingerprint density at radius 1 is 0.980 bits per heavy atom. The first-order valence-corrected chi connectivity index (χ1v) is 16.5. The van der Waals surface area contributed by atoms with Gasteiger partial charge in [0.2, 0.25) is 0 Å². The summed E-state index contributed by atoms with van der Waals surface area (Å²) in [6.07, 6.45) is 12.2. The van der Waals surface area contributed by atoms with Gasteiger partial charge in [0.15, 0.2) is 0 Å². The minimum Gasteiger partial charge on any atom is -0.510 e. The number of hydrogen-bond acceptors (Lipinski definition) is 9. The Bertz CT molecular complexity index is 1990. The third-order valence-electron chi connectivity index (χ3n) is 9.67. The van der Waals surface area contributed by atoms with E-state index in [0.29, 0.717) is 51.7 Å². The van der Waals surface area contributed by atoms with Crippen LogP contribution in [0.4, 0.5) is 0 Å². The summed E-state index contributed by atoms with van der Waals surface area (Å²) < 4.78 is 10.6. The van der Waals surface area contributed by atoms with Gasteiger partial charge in [-0.15, -0.1) is 0 Å². The molecule has 6 bridgehead atoms. The highest BCUT2D eigenvalue weighted by Gasteiger charge is 2.47. The fraction of sp³-hybridized carbons (Fsp3) is 0.325. The molecule has 0 aromatic carbocycles. The van der Waals surface area contributed by atoms with Crippen LogP contribution in [0.25, 0.3) is 0 Å². The summed E-state index contributed by atoms with van der Waals surface area (Å²) in [5.41, 5.74) is 18.9. The molecule has 5 rings (SSSR count). The molecule has 49 heavy (non-hydrogen) atoms. The van der Waals surface area contributed by atoms with Crippen LogP contribution in [-0.2, 0) is 19.1 Å². The van der Waals surface area contributed by atoms with Crippen molar-refractivity contribution < 1.29 is 24.2 Å². The van der Waals surface area contributed by atoms with Crippen molar-refractivity contribution in [3.05, 3.63) is 127 Å². The highest BCUT2D eigenvalue weighted by Crippen LogP contribution is 2.48. The smallest absolute Gasteiger partial charge is 0.321 e. The number of rotatable bonds is 8. The van der Waals surface area contributed by atoms with Gasteiger partial charge in [0.05, 0.1) is 41.3 Å². The van der Waals surface area contributed by atoms with Crippen molar-refractivity contribution in [1.29, 1.82) is 0 Å². The molecule has 0 aromatic rings. The van der Waals surface area contributed by atoms with E-state index < -0.39 is 11.9 Å². The summed E-state index contributed by atoms with van der Waals surface area (Å²) in [4.78, 5) is 41.3. The second-order valence-corrected chi connectivity index (χ2v) is 12.5. The minimum absolute atomic E-state index is 0.0927. The summed E-state index contributed by atoms with van der Waals surface area (Å²) in [7, 11) is 1.29. The fourth-order valence-electron chi connectivity index (χ4n) is 6.74. The molecule has 5 aliphatic rings. The van der Waals surface area contributed by atoms with Crippen LogP contribution in [0.5, 0.6) is 0 Å². The number of nitrogens with zero attached hydrogens (tertiary/aromatic N) is 3. The maximum atomic E-state index is 13.4. The molecule has 0 spiro atoms. The number of aliphatic hydroxyl groups is 1. The molecule has 0 saturated heterocycles. The van der Waals surface area contributed by atoms with Crippen molar-refractivity contribution in [3.8, 4) is 0 Å². The van der Waals surface area contributed by atoms with Crippen LogP contribution < -0.4 is 5.73 Å². The number of carbonyl (C=O) groups excluding carboxylic acids is 2. The molecule has 0 radical (unpaired) electrons. The first-order valence-electron chi connectivity index (χ1n) is 16.5. The molecule has 0 saturated carbocycles. The Labute approximate surface area is 288 Å². The van der Waals surface area contributed by atoms with Crippen LogP contribution in [0, 0.1) is 5.92 Å². The maximum absolute atomic E-state index is 13.4. The van der Waals surface area contributed by atoms with Gasteiger partial charge < -0.3 is 20.3 Å². The van der Waals surface area contributed by atoms with Crippen LogP contribution in [-0.4, -0.2) is 47.9 Å². The van der Waals surface area contributed by atoms with Crippen molar-refractivity contribution in [2.24, 2.45) is 26.6 Å². The summed E-state index contributed by atoms with van der Waals surface area (Å²) in [6.45, 7) is 18.0. The predicted molar refractivity (Wildman–Crippen MR) is 195 cm³/mol. The molecule has 4 heterocycles. The van der Waals surface area contributed by atoms with E-state index in [4.69, 9.17) is 30.2 Å². The number of methoxy groups -OCH3 is 1. The van der Waals surface area contributed by atoms with Gasteiger partial charge in [-0.05, 0) is 112 Å². The lowest BCUT2D eigenvalue weighted by Gasteiger charge is -2.15. The number of ether oxygens (including phenoxy) is 2. The fourth-order valence-corrected chi connectivity index (χ4v) is 6.74. The molecule has 9 nitrogen and oxygen atoms in total. The van der Waals surface area contributed by atoms with E-state index in [9.17, 15) is 14.7 Å². The van der Waals surface area contributed by atoms with Crippen LogP contribution in [0.2, 0.25) is 0 Å². The lowest BCUT2D eigenvalue weighted by molar-refractivity contribution is -0.144. The Hall–Kier alpha value is -5.31. The lowest BCUT2D eigenvalue weighted by atomic mass is 9.91. The molecule has 254 valence electrons. The van der Waals surface area contributed by atoms with E-state index in [2.05, 4.69) is 13.5 Å². The van der Waals surface area contributed by atoms with Crippen LogP contribution in [0.1, 0.15) is 67.7 Å². The number of aliphatic imine (C=N–C) groups is 3. The Morgan fingerprint density at radius 2 is 1.67 bits per heavy atom. The monoisotopic (exact) mass is 660 g/mol. The second kappa shape index (κ2) is 14.0. The van der Waals surface area contributed by atoms with Crippen molar-refractivity contribution in [2.45, 2.75) is 67.7 Å². The van der Waals surface area contributed by atoms with E-state index in [1.807, 2.05) is 65.8 Å². The van der Waals surface area contributed by atoms with Crippen molar-refractivity contribution in [3.63, 3.8) is 0 Å². The highest BCUT2D eigenvalue weighted by atomic mass is 16.5. The van der Waals surface area contributed by atoms with Gasteiger partial charge in [0.25, 0.3) is 0 Å². The van der Waals surface area contributed by atoms with Crippen LogP contribution >= 0.6 is 0 Å². The third-order valence-corrected chi connectivity index (χ3v) is 9.67. The lowest BCUT2D eigenvalue weighted by Crippen LogP contribution is -2.21. The Kier molecular flexibility index (Phi) is 10.0. The highest BCUT2D eigenvalue weighted by molar-refractivity contribution is 6.25. The topological polar surface area (TPSA) is 136 Å². The number of esters is 2. The van der Waals surface area contributed by atoms with E-state index in [1.54, 1.807) is 12.2 Å². The molecule has 1 atom stereocenters. The molecule has 9 heteroatoms. The number of hydrogen-bond donors (Lipinski definition) is 2. The zero-order valence-electron chi connectivity index (χ0n) is 29.6. The molecule has 0 amide bonds. The molecule has 1 aliphatic carbocycles. The molecule has 0 fully saturated rings. The number of allylic oxidation sites excluding steroid dienone is 13. The average Bonchev–Trinajstić information content (AvgIpc) is 3.74. The predicted octanol–water partition coefficient (Wildman–Crippen LogP) is 7.62. The molecule has 1 unspecified atom stereocenters. The summed E-state index contributed by atoms with van der Waals surface area (Å²) in [6, 6.07) is 0. The van der Waals surface area contributed by atoms with E-state index >= 15 is 0 Å². The molecule has 0 aromatic heterocycles.